The van der Waals surface area contributed by atoms with Crippen molar-refractivity contribution < 1.29 is 19.1 Å². The molecule has 1 aromatic heterocycles. The highest BCUT2D eigenvalue weighted by molar-refractivity contribution is 6.42. The summed E-state index contributed by atoms with van der Waals surface area (Å²) in [6.07, 6.45) is -1.27. The molecule has 4 rings (SSSR count). The van der Waals surface area contributed by atoms with Crippen LogP contribution in [0.15, 0.2) is 41.5 Å². The molecule has 1 aliphatic rings. The molecule has 0 spiro atoms. The third-order valence-electron chi connectivity index (χ3n) is 4.20. The molecule has 1 amide bonds. The number of para-hydroxylation sites is 2. The predicted octanol–water partition coefficient (Wildman–Crippen LogP) is 4.63. The van der Waals surface area contributed by atoms with Gasteiger partial charge in [0.1, 0.15) is 5.69 Å². The van der Waals surface area contributed by atoms with E-state index in [0.717, 1.165) is 5.01 Å². The number of halogens is 3. The van der Waals surface area contributed by atoms with E-state index in [1.54, 1.807) is 24.3 Å². The van der Waals surface area contributed by atoms with Crippen LogP contribution < -0.4 is 9.75 Å². The topological polar surface area (TPSA) is 94.0 Å². The number of benzene rings is 2. The molecule has 11 heteroatoms. The Balaban J connectivity index is 1.91. The van der Waals surface area contributed by atoms with E-state index in [-0.39, 0.29) is 33.0 Å². The van der Waals surface area contributed by atoms with Gasteiger partial charge in [0.15, 0.2) is 11.4 Å². The zero-order chi connectivity index (χ0) is 22.3. The summed E-state index contributed by atoms with van der Waals surface area (Å²) < 4.78 is 10.9. The van der Waals surface area contributed by atoms with Crippen molar-refractivity contribution in [1.82, 2.24) is 9.97 Å². The minimum absolute atomic E-state index is 0.0562. The number of carbonyl (C=O) groups is 2. The van der Waals surface area contributed by atoms with Crippen LogP contribution in [-0.2, 0) is 14.3 Å². The first-order chi connectivity index (χ1) is 14.7. The molecular formula is C20H13Cl3N4O4. The third kappa shape index (κ3) is 4.14. The van der Waals surface area contributed by atoms with Gasteiger partial charge in [0.25, 0.3) is 6.29 Å². The smallest absolute Gasteiger partial charge is 0.306 e. The van der Waals surface area contributed by atoms with Crippen LogP contribution in [0.1, 0.15) is 19.5 Å². The summed E-state index contributed by atoms with van der Waals surface area (Å²) in [5.74, 6) is -1.02. The number of carbonyl (C=O) groups excluding carboxylic acids is 2. The molecule has 0 radical (unpaired) electrons. The van der Waals surface area contributed by atoms with Gasteiger partial charge in [-0.1, -0.05) is 46.9 Å². The van der Waals surface area contributed by atoms with E-state index < -0.39 is 18.2 Å². The summed E-state index contributed by atoms with van der Waals surface area (Å²) in [4.78, 5) is 33.0. The van der Waals surface area contributed by atoms with Gasteiger partial charge in [-0.3, -0.25) is 9.59 Å². The van der Waals surface area contributed by atoms with E-state index in [0.29, 0.717) is 16.1 Å². The molecule has 0 N–H and O–H groups in total. The fourth-order valence-corrected chi connectivity index (χ4v) is 3.93. The van der Waals surface area contributed by atoms with Crippen LogP contribution in [-0.4, -0.2) is 33.8 Å². The molecule has 1 unspecified atom stereocenters. The average molecular weight is 480 g/mol. The predicted molar refractivity (Wildman–Crippen MR) is 117 cm³/mol. The Hall–Kier alpha value is -2.94. The second-order valence-corrected chi connectivity index (χ2v) is 7.71. The molecule has 1 aliphatic heterocycles. The van der Waals surface area contributed by atoms with Gasteiger partial charge in [-0.25, -0.2) is 9.97 Å². The summed E-state index contributed by atoms with van der Waals surface area (Å²) in [6.45, 7) is 2.49. The van der Waals surface area contributed by atoms with Crippen molar-refractivity contribution in [2.24, 2.45) is 5.10 Å². The Morgan fingerprint density at radius 1 is 1.06 bits per heavy atom. The Morgan fingerprint density at radius 2 is 1.68 bits per heavy atom. The number of aromatic nitrogens is 2. The van der Waals surface area contributed by atoms with Crippen molar-refractivity contribution in [2.45, 2.75) is 20.1 Å². The number of ether oxygens (including phenoxy) is 2. The number of hydrogen-bond donors (Lipinski definition) is 0. The van der Waals surface area contributed by atoms with Crippen molar-refractivity contribution in [3.63, 3.8) is 0 Å². The van der Waals surface area contributed by atoms with Crippen LogP contribution >= 0.6 is 34.8 Å². The Morgan fingerprint density at radius 3 is 2.26 bits per heavy atom. The van der Waals surface area contributed by atoms with Crippen molar-refractivity contribution in [2.75, 3.05) is 5.01 Å². The Kier molecular flexibility index (Phi) is 5.70. The van der Waals surface area contributed by atoms with Gasteiger partial charge in [0.2, 0.25) is 11.8 Å². The first-order valence-electron chi connectivity index (χ1n) is 8.89. The molecule has 0 aliphatic carbocycles. The fraction of sp³-hybridized carbons (Fsp3) is 0.150. The van der Waals surface area contributed by atoms with Gasteiger partial charge in [-0.05, 0) is 24.3 Å². The van der Waals surface area contributed by atoms with E-state index in [1.807, 2.05) is 0 Å². The minimum Gasteiger partial charge on any atom is -0.429 e. The maximum Gasteiger partial charge on any atom is 0.306 e. The molecule has 3 aromatic rings. The molecule has 1 atom stereocenters. The average Bonchev–Trinajstić information content (AvgIpc) is 2.99. The Bertz CT molecular complexity index is 1240. The number of anilines is 1. The van der Waals surface area contributed by atoms with Gasteiger partial charge in [-0.15, -0.1) is 0 Å². The van der Waals surface area contributed by atoms with Crippen molar-refractivity contribution in [1.29, 1.82) is 0 Å². The standard InChI is InChI=1S/C20H13Cl3N4O4/c1-9(28)27(18-12(22)7-11(21)8-13(18)23)26-17-16-19(31-20(17)30-10(2)29)25-15-6-4-3-5-14(15)24-16/h3-8,20H,1-2H3/b26-17-. The first kappa shape index (κ1) is 21.3. The minimum atomic E-state index is -1.27. The summed E-state index contributed by atoms with van der Waals surface area (Å²) in [6, 6.07) is 9.98. The molecule has 0 bridgehead atoms. The van der Waals surface area contributed by atoms with Crippen LogP contribution in [0.3, 0.4) is 0 Å². The van der Waals surface area contributed by atoms with Crippen molar-refractivity contribution in [3.05, 3.63) is 57.2 Å². The molecule has 0 fully saturated rings. The largest absolute Gasteiger partial charge is 0.429 e. The number of esters is 1. The zero-order valence-corrected chi connectivity index (χ0v) is 18.4. The zero-order valence-electron chi connectivity index (χ0n) is 16.1. The van der Waals surface area contributed by atoms with Crippen LogP contribution in [0, 0.1) is 0 Å². The van der Waals surface area contributed by atoms with E-state index in [2.05, 4.69) is 15.1 Å². The summed E-state index contributed by atoms with van der Waals surface area (Å²) in [5, 5.41) is 5.83. The van der Waals surface area contributed by atoms with Crippen LogP contribution in [0.25, 0.3) is 11.0 Å². The quantitative estimate of drug-likeness (QED) is 0.402. The van der Waals surface area contributed by atoms with Gasteiger partial charge in [-0.2, -0.15) is 10.1 Å². The molecule has 2 aromatic carbocycles. The fourth-order valence-electron chi connectivity index (χ4n) is 2.95. The second-order valence-electron chi connectivity index (χ2n) is 6.46. The number of nitrogens with zero attached hydrogens (tertiary/aromatic N) is 4. The summed E-state index contributed by atoms with van der Waals surface area (Å²) >= 11 is 18.5. The van der Waals surface area contributed by atoms with E-state index in [1.165, 1.54) is 26.0 Å². The molecule has 0 saturated heterocycles. The van der Waals surface area contributed by atoms with E-state index in [4.69, 9.17) is 44.3 Å². The molecule has 158 valence electrons. The lowest BCUT2D eigenvalue weighted by Crippen LogP contribution is -2.32. The van der Waals surface area contributed by atoms with Gasteiger partial charge < -0.3 is 9.47 Å². The highest BCUT2D eigenvalue weighted by atomic mass is 35.5. The number of hydrazone groups is 1. The third-order valence-corrected chi connectivity index (χ3v) is 4.99. The Labute approximate surface area is 191 Å². The molecule has 2 heterocycles. The number of fused-ring (bicyclic) bond motifs is 2. The van der Waals surface area contributed by atoms with Crippen molar-refractivity contribution in [3.8, 4) is 5.88 Å². The van der Waals surface area contributed by atoms with Crippen LogP contribution in [0.5, 0.6) is 5.88 Å². The number of amides is 1. The SMILES string of the molecule is CC(=O)OC1Oc2nc3ccccc3nc2/C1=N/N(C(C)=O)c1c(Cl)cc(Cl)cc1Cl. The number of hydrogen-bond acceptors (Lipinski definition) is 7. The summed E-state index contributed by atoms with van der Waals surface area (Å²) in [5.41, 5.74) is 1.53. The van der Waals surface area contributed by atoms with Crippen LogP contribution in [0.4, 0.5) is 5.69 Å². The highest BCUT2D eigenvalue weighted by Crippen LogP contribution is 2.38. The van der Waals surface area contributed by atoms with Gasteiger partial charge in [0.05, 0.1) is 21.1 Å². The molecule has 0 saturated carbocycles. The maximum absolute atomic E-state index is 12.5. The second kappa shape index (κ2) is 8.30. The highest BCUT2D eigenvalue weighted by Gasteiger charge is 2.38. The van der Waals surface area contributed by atoms with Crippen molar-refractivity contribution >= 4 is 69.1 Å². The van der Waals surface area contributed by atoms with Gasteiger partial charge in [0, 0.05) is 18.9 Å². The molecule has 31 heavy (non-hydrogen) atoms. The van der Waals surface area contributed by atoms with Crippen LogP contribution in [0.2, 0.25) is 15.1 Å². The molecular weight excluding hydrogens is 467 g/mol. The maximum atomic E-state index is 12.5. The summed E-state index contributed by atoms with van der Waals surface area (Å²) in [7, 11) is 0. The first-order valence-corrected chi connectivity index (χ1v) is 10.0. The lowest BCUT2D eigenvalue weighted by molar-refractivity contribution is -0.152. The molecule has 8 nitrogen and oxygen atoms in total. The van der Waals surface area contributed by atoms with E-state index in [9.17, 15) is 9.59 Å². The monoisotopic (exact) mass is 478 g/mol. The lowest BCUT2D eigenvalue weighted by Gasteiger charge is -2.20. The number of rotatable bonds is 3. The van der Waals surface area contributed by atoms with E-state index >= 15 is 0 Å². The normalized spacial score (nSPS) is 16.2. The van der Waals surface area contributed by atoms with Gasteiger partial charge >= 0.3 is 5.97 Å². The lowest BCUT2D eigenvalue weighted by atomic mass is 10.2.